The van der Waals surface area contributed by atoms with Gasteiger partial charge in [-0.05, 0) is 35.7 Å². The van der Waals surface area contributed by atoms with Gasteiger partial charge in [0.15, 0.2) is 5.82 Å². The van der Waals surface area contributed by atoms with E-state index in [1.165, 1.54) is 0 Å². The molecule has 2 aromatic rings. The minimum atomic E-state index is -0.348. The molecular formula is C20H16Cl3N5O. The third kappa shape index (κ3) is 3.75. The summed E-state index contributed by atoms with van der Waals surface area (Å²) in [5.74, 6) is 0.854. The Balaban J connectivity index is 1.96. The Bertz CT molecular complexity index is 1190. The molecule has 1 aromatic carbocycles. The van der Waals surface area contributed by atoms with Crippen molar-refractivity contribution in [3.63, 3.8) is 0 Å². The van der Waals surface area contributed by atoms with Crippen molar-refractivity contribution in [2.24, 2.45) is 0 Å². The Kier molecular flexibility index (Phi) is 5.34. The molecular weight excluding hydrogens is 433 g/mol. The molecule has 2 aliphatic rings. The SMILES string of the molecule is CC(C)c1[nH]n(-c2c(Cl)cc(Cl)cc2Cl)c2nc(Cc3ccncc3)nc(=O)c1-2. The number of pyridine rings is 1. The largest absolute Gasteiger partial charge is 0.295 e. The molecule has 29 heavy (non-hydrogen) atoms. The lowest BCUT2D eigenvalue weighted by Crippen LogP contribution is -2.17. The number of hydrogen-bond acceptors (Lipinski definition) is 4. The number of rotatable bonds is 4. The van der Waals surface area contributed by atoms with Crippen molar-refractivity contribution >= 4 is 34.8 Å². The van der Waals surface area contributed by atoms with Gasteiger partial charge in [-0.3, -0.25) is 14.9 Å². The van der Waals surface area contributed by atoms with Gasteiger partial charge in [0.05, 0.1) is 15.7 Å². The van der Waals surface area contributed by atoms with Crippen LogP contribution >= 0.6 is 34.8 Å². The summed E-state index contributed by atoms with van der Waals surface area (Å²) < 4.78 is 1.63. The molecule has 0 unspecified atom stereocenters. The van der Waals surface area contributed by atoms with Gasteiger partial charge in [0.25, 0.3) is 5.56 Å². The molecule has 1 aromatic heterocycles. The Morgan fingerprint density at radius 3 is 2.34 bits per heavy atom. The van der Waals surface area contributed by atoms with Crippen LogP contribution in [0.4, 0.5) is 0 Å². The van der Waals surface area contributed by atoms with Gasteiger partial charge in [-0.2, -0.15) is 4.98 Å². The number of fused-ring (bicyclic) bond motifs is 1. The van der Waals surface area contributed by atoms with Crippen LogP contribution in [-0.4, -0.2) is 24.7 Å². The Morgan fingerprint density at radius 1 is 1.07 bits per heavy atom. The van der Waals surface area contributed by atoms with Crippen LogP contribution in [0.3, 0.4) is 0 Å². The number of benzene rings is 1. The normalized spacial score (nSPS) is 11.5. The van der Waals surface area contributed by atoms with Gasteiger partial charge < -0.3 is 0 Å². The van der Waals surface area contributed by atoms with E-state index >= 15 is 0 Å². The van der Waals surface area contributed by atoms with Crippen LogP contribution in [0.2, 0.25) is 15.1 Å². The second-order valence-corrected chi connectivity index (χ2v) is 8.16. The van der Waals surface area contributed by atoms with E-state index in [-0.39, 0.29) is 11.5 Å². The minimum Gasteiger partial charge on any atom is -0.295 e. The number of aromatic nitrogens is 5. The van der Waals surface area contributed by atoms with Gasteiger partial charge in [-0.15, -0.1) is 0 Å². The Labute approximate surface area is 181 Å². The van der Waals surface area contributed by atoms with Crippen molar-refractivity contribution in [3.05, 3.63) is 79.2 Å². The molecule has 0 bridgehead atoms. The van der Waals surface area contributed by atoms with Gasteiger partial charge in [0.2, 0.25) is 0 Å². The predicted octanol–water partition coefficient (Wildman–Crippen LogP) is 5.13. The smallest absolute Gasteiger partial charge is 0.284 e. The van der Waals surface area contributed by atoms with E-state index in [4.69, 9.17) is 34.8 Å². The maximum absolute atomic E-state index is 12.9. The third-order valence-electron chi connectivity index (χ3n) is 4.51. The van der Waals surface area contributed by atoms with Crippen LogP contribution in [0.15, 0.2) is 41.5 Å². The van der Waals surface area contributed by atoms with Crippen LogP contribution in [0, 0.1) is 0 Å². The van der Waals surface area contributed by atoms with E-state index in [1.807, 2.05) is 26.0 Å². The average Bonchev–Trinajstić information content (AvgIpc) is 3.02. The lowest BCUT2D eigenvalue weighted by Gasteiger charge is -2.11. The Morgan fingerprint density at radius 2 is 1.72 bits per heavy atom. The molecule has 3 heterocycles. The van der Waals surface area contributed by atoms with Gasteiger partial charge in [0.1, 0.15) is 17.1 Å². The van der Waals surface area contributed by atoms with Crippen molar-refractivity contribution in [1.29, 1.82) is 0 Å². The molecule has 0 amide bonds. The van der Waals surface area contributed by atoms with E-state index in [0.29, 0.717) is 50.1 Å². The first kappa shape index (κ1) is 19.9. The molecule has 0 saturated carbocycles. The van der Waals surface area contributed by atoms with Crippen molar-refractivity contribution in [2.45, 2.75) is 26.2 Å². The average molecular weight is 449 g/mol. The standard InChI is InChI=1S/C20H16Cl3N5O/c1-10(2)17-16-19(28(27-17)18-13(22)8-12(21)9-14(18)23)25-15(26-20(16)29)7-11-3-5-24-6-4-11/h3-6,8-10,27H,7H2,1-2H3. The van der Waals surface area contributed by atoms with Crippen LogP contribution in [0.25, 0.3) is 17.1 Å². The van der Waals surface area contributed by atoms with Crippen LogP contribution in [0.1, 0.15) is 36.8 Å². The van der Waals surface area contributed by atoms with E-state index in [2.05, 4.69) is 20.1 Å². The second-order valence-electron chi connectivity index (χ2n) is 6.91. The zero-order valence-corrected chi connectivity index (χ0v) is 17.8. The number of H-pyrrole nitrogens is 1. The summed E-state index contributed by atoms with van der Waals surface area (Å²) >= 11 is 18.9. The second kappa shape index (κ2) is 7.78. The fraction of sp³-hybridized carbons (Fsp3) is 0.200. The molecule has 0 saturated heterocycles. The summed E-state index contributed by atoms with van der Waals surface area (Å²) in [5, 5.41) is 4.33. The monoisotopic (exact) mass is 447 g/mol. The lowest BCUT2D eigenvalue weighted by molar-refractivity contribution is 0.771. The van der Waals surface area contributed by atoms with Crippen molar-refractivity contribution in [3.8, 4) is 17.1 Å². The van der Waals surface area contributed by atoms with E-state index < -0.39 is 0 Å². The fourth-order valence-corrected chi connectivity index (χ4v) is 4.17. The van der Waals surface area contributed by atoms with Crippen molar-refractivity contribution < 1.29 is 0 Å². The summed E-state index contributed by atoms with van der Waals surface area (Å²) in [6.07, 6.45) is 3.77. The molecule has 0 atom stereocenters. The zero-order valence-electron chi connectivity index (χ0n) is 15.6. The molecule has 2 aliphatic heterocycles. The molecule has 9 heteroatoms. The first-order valence-electron chi connectivity index (χ1n) is 8.90. The highest BCUT2D eigenvalue weighted by atomic mass is 35.5. The van der Waals surface area contributed by atoms with Crippen molar-refractivity contribution in [2.75, 3.05) is 0 Å². The van der Waals surface area contributed by atoms with Crippen LogP contribution < -0.4 is 5.56 Å². The quantitative estimate of drug-likeness (QED) is 0.469. The molecule has 0 spiro atoms. The summed E-state index contributed by atoms with van der Waals surface area (Å²) in [7, 11) is 0. The molecule has 4 rings (SSSR count). The summed E-state index contributed by atoms with van der Waals surface area (Å²) in [4.78, 5) is 25.8. The number of aromatic amines is 1. The lowest BCUT2D eigenvalue weighted by atomic mass is 10.1. The number of nitrogens with zero attached hydrogens (tertiary/aromatic N) is 4. The molecule has 6 nitrogen and oxygen atoms in total. The predicted molar refractivity (Wildman–Crippen MR) is 115 cm³/mol. The number of nitrogens with one attached hydrogen (secondary N) is 1. The molecule has 0 fully saturated rings. The van der Waals surface area contributed by atoms with E-state index in [9.17, 15) is 4.79 Å². The highest BCUT2D eigenvalue weighted by Crippen LogP contribution is 2.36. The topological polar surface area (TPSA) is 76.5 Å². The summed E-state index contributed by atoms with van der Waals surface area (Å²) in [6, 6.07) is 6.90. The zero-order chi connectivity index (χ0) is 20.7. The molecule has 0 radical (unpaired) electrons. The van der Waals surface area contributed by atoms with E-state index in [1.54, 1.807) is 29.2 Å². The van der Waals surface area contributed by atoms with Crippen LogP contribution in [-0.2, 0) is 6.42 Å². The molecule has 148 valence electrons. The Hall–Kier alpha value is -2.41. The van der Waals surface area contributed by atoms with Crippen molar-refractivity contribution in [1.82, 2.24) is 24.7 Å². The fourth-order valence-electron chi connectivity index (χ4n) is 3.19. The number of hydrogen-bond donors (Lipinski definition) is 1. The molecule has 1 N–H and O–H groups in total. The highest BCUT2D eigenvalue weighted by molar-refractivity contribution is 6.40. The summed E-state index contributed by atoms with van der Waals surface area (Å²) in [6.45, 7) is 3.95. The van der Waals surface area contributed by atoms with E-state index in [0.717, 1.165) is 5.56 Å². The first-order chi connectivity index (χ1) is 13.8. The highest BCUT2D eigenvalue weighted by Gasteiger charge is 2.27. The summed E-state index contributed by atoms with van der Waals surface area (Å²) in [5.41, 5.74) is 2.21. The van der Waals surface area contributed by atoms with Crippen LogP contribution in [0.5, 0.6) is 0 Å². The van der Waals surface area contributed by atoms with Gasteiger partial charge in [-0.1, -0.05) is 48.7 Å². The molecule has 0 aliphatic carbocycles. The third-order valence-corrected chi connectivity index (χ3v) is 5.31. The number of halogens is 3. The van der Waals surface area contributed by atoms with Gasteiger partial charge >= 0.3 is 0 Å². The van der Waals surface area contributed by atoms with Gasteiger partial charge in [0, 0.05) is 23.8 Å². The first-order valence-corrected chi connectivity index (χ1v) is 10.0. The maximum Gasteiger partial charge on any atom is 0.284 e. The van der Waals surface area contributed by atoms with Gasteiger partial charge in [-0.25, -0.2) is 9.67 Å². The maximum atomic E-state index is 12.9. The minimum absolute atomic E-state index is 0.0333.